The summed E-state index contributed by atoms with van der Waals surface area (Å²) in [6.07, 6.45) is 0. The van der Waals surface area contributed by atoms with Crippen LogP contribution in [0.3, 0.4) is 0 Å². The van der Waals surface area contributed by atoms with Gasteiger partial charge in [0.1, 0.15) is 0 Å². The first-order valence-electron chi connectivity index (χ1n) is 5.72. The van der Waals surface area contributed by atoms with E-state index in [2.05, 4.69) is 10.1 Å². The third kappa shape index (κ3) is 5.76. The number of amides is 1. The Bertz CT molecular complexity index is 419. The molecular weight excluding hydrogens is 266 g/mol. The third-order valence-corrected chi connectivity index (χ3v) is 3.18. The van der Waals surface area contributed by atoms with Gasteiger partial charge in [-0.25, -0.2) is 4.79 Å². The normalized spacial score (nSPS) is 10.0. The molecule has 104 valence electrons. The van der Waals surface area contributed by atoms with E-state index >= 15 is 0 Å². The minimum Gasteiger partial charge on any atom is -0.465 e. The van der Waals surface area contributed by atoms with Crippen LogP contribution in [0.2, 0.25) is 0 Å². The minimum atomic E-state index is -0.395. The molecule has 0 heterocycles. The Labute approximate surface area is 116 Å². The number of esters is 1. The summed E-state index contributed by atoms with van der Waals surface area (Å²) in [5.41, 5.74) is 1.11. The molecule has 1 aromatic carbocycles. The lowest BCUT2D eigenvalue weighted by atomic mass is 10.2. The number of thioether (sulfide) groups is 1. The van der Waals surface area contributed by atoms with E-state index in [1.807, 2.05) is 0 Å². The minimum absolute atomic E-state index is 0.0769. The smallest absolute Gasteiger partial charge is 0.337 e. The summed E-state index contributed by atoms with van der Waals surface area (Å²) in [5, 5.41) is 2.75. The first kappa shape index (κ1) is 15.5. The lowest BCUT2D eigenvalue weighted by Gasteiger charge is -2.06. The van der Waals surface area contributed by atoms with Crippen molar-refractivity contribution in [3.63, 3.8) is 0 Å². The fourth-order valence-corrected chi connectivity index (χ4v) is 2.00. The fraction of sp³-hybridized carbons (Fsp3) is 0.385. The Kier molecular flexibility index (Phi) is 6.99. The van der Waals surface area contributed by atoms with Crippen molar-refractivity contribution in [3.8, 4) is 0 Å². The topological polar surface area (TPSA) is 64.6 Å². The van der Waals surface area contributed by atoms with E-state index in [4.69, 9.17) is 4.74 Å². The predicted octanol–water partition coefficient (Wildman–Crippen LogP) is 1.79. The van der Waals surface area contributed by atoms with Gasteiger partial charge in [-0.3, -0.25) is 4.79 Å². The number of ether oxygens (including phenoxy) is 2. The van der Waals surface area contributed by atoms with Gasteiger partial charge in [0, 0.05) is 18.6 Å². The van der Waals surface area contributed by atoms with Crippen molar-refractivity contribution in [2.45, 2.75) is 0 Å². The van der Waals surface area contributed by atoms with Crippen molar-refractivity contribution >= 4 is 29.3 Å². The standard InChI is InChI=1S/C13H17NO4S/c1-17-7-8-19-9-12(15)14-11-5-3-10(4-6-11)13(16)18-2/h3-6H,7-9H2,1-2H3,(H,14,15). The number of anilines is 1. The Morgan fingerprint density at radius 2 is 1.89 bits per heavy atom. The molecule has 1 N–H and O–H groups in total. The van der Waals surface area contributed by atoms with E-state index in [0.29, 0.717) is 23.6 Å². The zero-order valence-electron chi connectivity index (χ0n) is 11.0. The second kappa shape index (κ2) is 8.55. The number of hydrogen-bond acceptors (Lipinski definition) is 5. The highest BCUT2D eigenvalue weighted by molar-refractivity contribution is 7.99. The van der Waals surface area contributed by atoms with E-state index in [-0.39, 0.29) is 5.91 Å². The van der Waals surface area contributed by atoms with Gasteiger partial charge < -0.3 is 14.8 Å². The molecule has 1 rings (SSSR count). The second-order valence-corrected chi connectivity index (χ2v) is 4.77. The quantitative estimate of drug-likeness (QED) is 0.610. The number of nitrogens with one attached hydrogen (secondary N) is 1. The summed E-state index contributed by atoms with van der Waals surface area (Å²) >= 11 is 1.51. The molecular formula is C13H17NO4S. The van der Waals surface area contributed by atoms with Crippen molar-refractivity contribution in [2.75, 3.05) is 37.6 Å². The van der Waals surface area contributed by atoms with Crippen LogP contribution in [0.25, 0.3) is 0 Å². The number of carbonyl (C=O) groups is 2. The van der Waals surface area contributed by atoms with Crippen molar-refractivity contribution in [1.82, 2.24) is 0 Å². The number of methoxy groups -OCH3 is 2. The first-order chi connectivity index (χ1) is 9.17. The molecule has 0 unspecified atom stereocenters. The monoisotopic (exact) mass is 283 g/mol. The van der Waals surface area contributed by atoms with Crippen LogP contribution in [0, 0.1) is 0 Å². The summed E-state index contributed by atoms with van der Waals surface area (Å²) in [6.45, 7) is 0.631. The number of hydrogen-bond donors (Lipinski definition) is 1. The van der Waals surface area contributed by atoms with Crippen LogP contribution in [0.15, 0.2) is 24.3 Å². The first-order valence-corrected chi connectivity index (χ1v) is 6.87. The van der Waals surface area contributed by atoms with Gasteiger partial charge in [0.25, 0.3) is 0 Å². The summed E-state index contributed by atoms with van der Waals surface area (Å²) in [7, 11) is 2.96. The molecule has 0 bridgehead atoms. The molecule has 0 radical (unpaired) electrons. The van der Waals surface area contributed by atoms with Gasteiger partial charge in [-0.15, -0.1) is 11.8 Å². The van der Waals surface area contributed by atoms with Crippen molar-refractivity contribution in [2.24, 2.45) is 0 Å². The summed E-state index contributed by atoms with van der Waals surface area (Å²) in [4.78, 5) is 22.8. The molecule has 1 amide bonds. The Hall–Kier alpha value is -1.53. The van der Waals surface area contributed by atoms with Crippen LogP contribution in [0.4, 0.5) is 5.69 Å². The van der Waals surface area contributed by atoms with Crippen LogP contribution in [-0.2, 0) is 14.3 Å². The molecule has 0 fully saturated rings. The molecule has 0 saturated heterocycles. The summed E-state index contributed by atoms with van der Waals surface area (Å²) in [5.74, 6) is 0.688. The van der Waals surface area contributed by atoms with Gasteiger partial charge in [0.2, 0.25) is 5.91 Å². The number of carbonyl (C=O) groups excluding carboxylic acids is 2. The average molecular weight is 283 g/mol. The van der Waals surface area contributed by atoms with Gasteiger partial charge in [-0.05, 0) is 24.3 Å². The van der Waals surface area contributed by atoms with Crippen LogP contribution >= 0.6 is 11.8 Å². The van der Waals surface area contributed by atoms with Gasteiger partial charge in [-0.1, -0.05) is 0 Å². The Morgan fingerprint density at radius 1 is 1.21 bits per heavy atom. The van der Waals surface area contributed by atoms with Crippen molar-refractivity contribution in [1.29, 1.82) is 0 Å². The molecule has 0 aliphatic heterocycles. The van der Waals surface area contributed by atoms with Gasteiger partial charge in [0.15, 0.2) is 0 Å². The highest BCUT2D eigenvalue weighted by Gasteiger charge is 2.06. The zero-order chi connectivity index (χ0) is 14.1. The van der Waals surface area contributed by atoms with Crippen LogP contribution in [-0.4, -0.2) is 44.2 Å². The Morgan fingerprint density at radius 3 is 2.47 bits per heavy atom. The predicted molar refractivity (Wildman–Crippen MR) is 75.6 cm³/mol. The maximum Gasteiger partial charge on any atom is 0.337 e. The van der Waals surface area contributed by atoms with Crippen LogP contribution < -0.4 is 5.32 Å². The van der Waals surface area contributed by atoms with Gasteiger partial charge in [0.05, 0.1) is 25.0 Å². The summed E-state index contributed by atoms with van der Waals surface area (Å²) < 4.78 is 9.48. The molecule has 19 heavy (non-hydrogen) atoms. The Balaban J connectivity index is 2.40. The number of rotatable bonds is 7. The molecule has 0 aliphatic rings. The van der Waals surface area contributed by atoms with E-state index in [1.165, 1.54) is 18.9 Å². The van der Waals surface area contributed by atoms with Gasteiger partial charge >= 0.3 is 5.97 Å². The van der Waals surface area contributed by atoms with E-state index in [1.54, 1.807) is 31.4 Å². The molecule has 0 aromatic heterocycles. The fourth-order valence-electron chi connectivity index (χ4n) is 1.31. The van der Waals surface area contributed by atoms with Crippen molar-refractivity contribution in [3.05, 3.63) is 29.8 Å². The lowest BCUT2D eigenvalue weighted by molar-refractivity contribution is -0.113. The molecule has 1 aromatic rings. The average Bonchev–Trinajstić information content (AvgIpc) is 2.43. The SMILES string of the molecule is COCCSCC(=O)Nc1ccc(C(=O)OC)cc1. The highest BCUT2D eigenvalue weighted by Crippen LogP contribution is 2.11. The van der Waals surface area contributed by atoms with E-state index in [0.717, 1.165) is 5.75 Å². The van der Waals surface area contributed by atoms with Crippen LogP contribution in [0.5, 0.6) is 0 Å². The highest BCUT2D eigenvalue weighted by atomic mass is 32.2. The van der Waals surface area contributed by atoms with E-state index < -0.39 is 5.97 Å². The summed E-state index contributed by atoms with van der Waals surface area (Å²) in [6, 6.07) is 6.56. The lowest BCUT2D eigenvalue weighted by Crippen LogP contribution is -2.15. The molecule has 0 spiro atoms. The zero-order valence-corrected chi connectivity index (χ0v) is 11.8. The third-order valence-electron chi connectivity index (χ3n) is 2.25. The maximum absolute atomic E-state index is 11.6. The van der Waals surface area contributed by atoms with Crippen molar-refractivity contribution < 1.29 is 19.1 Å². The largest absolute Gasteiger partial charge is 0.465 e. The molecule has 5 nitrogen and oxygen atoms in total. The van der Waals surface area contributed by atoms with Crippen LogP contribution in [0.1, 0.15) is 10.4 Å². The molecule has 0 aliphatic carbocycles. The number of benzene rings is 1. The second-order valence-electron chi connectivity index (χ2n) is 3.66. The maximum atomic E-state index is 11.6. The molecule has 6 heteroatoms. The van der Waals surface area contributed by atoms with Gasteiger partial charge in [-0.2, -0.15) is 0 Å². The van der Waals surface area contributed by atoms with E-state index in [9.17, 15) is 9.59 Å². The molecule has 0 atom stereocenters. The molecule has 0 saturated carbocycles.